The van der Waals surface area contributed by atoms with E-state index in [2.05, 4.69) is 65.7 Å². The average Bonchev–Trinajstić information content (AvgIpc) is 3.39. The van der Waals surface area contributed by atoms with E-state index in [-0.39, 0.29) is 0 Å². The van der Waals surface area contributed by atoms with Gasteiger partial charge >= 0.3 is 0 Å². The molecule has 0 saturated carbocycles. The number of benzene rings is 1. The zero-order chi connectivity index (χ0) is 29.8. The van der Waals surface area contributed by atoms with Crippen LogP contribution in [-0.2, 0) is 19.5 Å². The van der Waals surface area contributed by atoms with Gasteiger partial charge in [-0.1, -0.05) is 185 Å². The van der Waals surface area contributed by atoms with Crippen LogP contribution in [0.25, 0.3) is 0 Å². The summed E-state index contributed by atoms with van der Waals surface area (Å²) < 4.78 is 5.12. The van der Waals surface area contributed by atoms with Crippen molar-refractivity contribution in [2.45, 2.75) is 200 Å². The first-order chi connectivity index (χ1) is 20.8. The smallest absolute Gasteiger partial charge is 0.234 e. The molecule has 2 heteroatoms. The average molecular weight is 580 g/mol. The summed E-state index contributed by atoms with van der Waals surface area (Å²) in [5, 5.41) is 0. The number of hydrogen-bond acceptors (Lipinski definition) is 0. The first kappa shape index (κ1) is 36.6. The summed E-state index contributed by atoms with van der Waals surface area (Å²) in [5.41, 5.74) is 1.43. The first-order valence-corrected chi connectivity index (χ1v) is 19.0. The predicted octanol–water partition coefficient (Wildman–Crippen LogP) is 12.5. The highest BCUT2D eigenvalue weighted by molar-refractivity contribution is 5.18. The van der Waals surface area contributed by atoms with Crippen molar-refractivity contribution in [3.8, 4) is 0 Å². The van der Waals surface area contributed by atoms with E-state index in [1.807, 2.05) is 0 Å². The maximum absolute atomic E-state index is 2.56. The van der Waals surface area contributed by atoms with E-state index in [1.165, 1.54) is 191 Å². The van der Waals surface area contributed by atoms with Crippen molar-refractivity contribution in [2.75, 3.05) is 0 Å². The minimum Gasteiger partial charge on any atom is -0.234 e. The third kappa shape index (κ3) is 18.9. The largest absolute Gasteiger partial charge is 0.260 e. The number of nitrogens with zero attached hydrogens (tertiary/aromatic N) is 2. The quantitative estimate of drug-likeness (QED) is 0.0643. The van der Waals surface area contributed by atoms with E-state index in [1.54, 1.807) is 0 Å². The van der Waals surface area contributed by atoms with E-state index in [0.717, 1.165) is 6.42 Å². The molecule has 2 rings (SSSR count). The molecule has 0 atom stereocenters. The van der Waals surface area contributed by atoms with E-state index < -0.39 is 0 Å². The second-order valence-electron chi connectivity index (χ2n) is 13.2. The summed E-state index contributed by atoms with van der Waals surface area (Å²) in [6.45, 7) is 6.95. The van der Waals surface area contributed by atoms with Gasteiger partial charge < -0.3 is 0 Å². The van der Waals surface area contributed by atoms with Gasteiger partial charge in [-0.3, -0.25) is 0 Å². The van der Waals surface area contributed by atoms with Gasteiger partial charge in [0.2, 0.25) is 0 Å². The Kier molecular flexibility index (Phi) is 23.6. The fourth-order valence-electron chi connectivity index (χ4n) is 6.49. The van der Waals surface area contributed by atoms with E-state index in [0.29, 0.717) is 0 Å². The van der Waals surface area contributed by atoms with Gasteiger partial charge in [-0.05, 0) is 31.2 Å². The molecular weight excluding hydrogens is 508 g/mol. The SMILES string of the molecule is CCCCCCCCCCCCCCCCCCn1cc[n+](CCCCCCCCCCCC)c1Cc1ccccc1. The Morgan fingerprint density at radius 2 is 0.881 bits per heavy atom. The summed E-state index contributed by atoms with van der Waals surface area (Å²) in [4.78, 5) is 0. The van der Waals surface area contributed by atoms with Crippen molar-refractivity contribution in [1.82, 2.24) is 4.57 Å². The lowest BCUT2D eigenvalue weighted by molar-refractivity contribution is -0.703. The monoisotopic (exact) mass is 580 g/mol. The normalized spacial score (nSPS) is 11.5. The summed E-state index contributed by atoms with van der Waals surface area (Å²) >= 11 is 0. The Labute approximate surface area is 263 Å². The van der Waals surface area contributed by atoms with Crippen molar-refractivity contribution < 1.29 is 4.57 Å². The first-order valence-electron chi connectivity index (χ1n) is 19.0. The summed E-state index contributed by atoms with van der Waals surface area (Å²) in [6, 6.07) is 11.1. The van der Waals surface area contributed by atoms with Crippen LogP contribution in [0.4, 0.5) is 0 Å². The summed E-state index contributed by atoms with van der Waals surface area (Å²) in [7, 11) is 0. The van der Waals surface area contributed by atoms with E-state index in [4.69, 9.17) is 0 Å². The molecule has 0 aliphatic carbocycles. The maximum Gasteiger partial charge on any atom is 0.260 e. The van der Waals surface area contributed by atoms with Gasteiger partial charge in [0.15, 0.2) is 0 Å². The van der Waals surface area contributed by atoms with Crippen LogP contribution in [0.3, 0.4) is 0 Å². The zero-order valence-corrected chi connectivity index (χ0v) is 28.4. The highest BCUT2D eigenvalue weighted by atomic mass is 15.1. The van der Waals surface area contributed by atoms with Gasteiger partial charge in [0, 0.05) is 0 Å². The van der Waals surface area contributed by atoms with Crippen molar-refractivity contribution in [3.63, 3.8) is 0 Å². The fraction of sp³-hybridized carbons (Fsp3) is 0.775. The Hall–Kier alpha value is -1.57. The highest BCUT2D eigenvalue weighted by Gasteiger charge is 2.17. The molecule has 1 aromatic carbocycles. The predicted molar refractivity (Wildman–Crippen MR) is 185 cm³/mol. The molecule has 2 aromatic rings. The van der Waals surface area contributed by atoms with Gasteiger partial charge in [-0.15, -0.1) is 0 Å². The third-order valence-corrected chi connectivity index (χ3v) is 9.30. The fourth-order valence-corrected chi connectivity index (χ4v) is 6.49. The Morgan fingerprint density at radius 3 is 1.33 bits per heavy atom. The molecule has 0 saturated heterocycles. The van der Waals surface area contributed by atoms with Crippen LogP contribution in [0.5, 0.6) is 0 Å². The molecule has 0 bridgehead atoms. The van der Waals surface area contributed by atoms with Crippen LogP contribution in [0.15, 0.2) is 42.7 Å². The third-order valence-electron chi connectivity index (χ3n) is 9.30. The lowest BCUT2D eigenvalue weighted by Gasteiger charge is -2.07. The lowest BCUT2D eigenvalue weighted by atomic mass is 10.0. The van der Waals surface area contributed by atoms with Gasteiger partial charge in [-0.25, -0.2) is 9.13 Å². The van der Waals surface area contributed by atoms with Crippen LogP contribution >= 0.6 is 0 Å². The minimum atomic E-state index is 1.05. The van der Waals surface area contributed by atoms with Crippen molar-refractivity contribution >= 4 is 0 Å². The molecule has 1 aromatic heterocycles. The second kappa shape index (κ2) is 27.0. The molecule has 0 unspecified atom stereocenters. The molecule has 0 N–H and O–H groups in total. The molecular formula is C40H71N2+. The van der Waals surface area contributed by atoms with Gasteiger partial charge in [-0.2, -0.15) is 0 Å². The van der Waals surface area contributed by atoms with Crippen LogP contribution in [0.1, 0.15) is 192 Å². The van der Waals surface area contributed by atoms with Gasteiger partial charge in [0.05, 0.1) is 19.5 Å². The van der Waals surface area contributed by atoms with Crippen LogP contribution < -0.4 is 4.57 Å². The second-order valence-corrected chi connectivity index (χ2v) is 13.2. The van der Waals surface area contributed by atoms with Crippen molar-refractivity contribution in [3.05, 3.63) is 54.1 Å². The summed E-state index contributed by atoms with van der Waals surface area (Å²) in [5.74, 6) is 1.50. The molecule has 240 valence electrons. The number of aryl methyl sites for hydroxylation is 2. The highest BCUT2D eigenvalue weighted by Crippen LogP contribution is 2.15. The molecule has 0 radical (unpaired) electrons. The molecule has 0 aliphatic heterocycles. The Bertz CT molecular complexity index is 823. The standard InChI is InChI=1S/C40H71N2/c1-3-5-7-9-11-13-15-16-17-18-19-20-22-24-26-31-35-42-37-36-41(40(42)38-39-32-28-27-29-33-39)34-30-25-23-21-14-12-10-8-6-4-2/h27-29,32-33,36-37H,3-26,30-31,34-35,38H2,1-2H3/q+1. The number of unbranched alkanes of at least 4 members (excludes halogenated alkanes) is 24. The molecule has 1 heterocycles. The number of hydrogen-bond donors (Lipinski definition) is 0. The van der Waals surface area contributed by atoms with Crippen LogP contribution in [0.2, 0.25) is 0 Å². The zero-order valence-electron chi connectivity index (χ0n) is 28.4. The molecule has 0 fully saturated rings. The van der Waals surface area contributed by atoms with Crippen molar-refractivity contribution in [1.29, 1.82) is 0 Å². The lowest BCUT2D eigenvalue weighted by Crippen LogP contribution is -2.37. The number of aromatic nitrogens is 2. The van der Waals surface area contributed by atoms with E-state index >= 15 is 0 Å². The molecule has 2 nitrogen and oxygen atoms in total. The minimum absolute atomic E-state index is 1.05. The van der Waals surface area contributed by atoms with Gasteiger partial charge in [0.1, 0.15) is 12.4 Å². The Balaban J connectivity index is 1.57. The summed E-state index contributed by atoms with van der Waals surface area (Å²) in [6.07, 6.45) is 42.7. The number of imidazole rings is 1. The topological polar surface area (TPSA) is 8.81 Å². The molecule has 0 spiro atoms. The van der Waals surface area contributed by atoms with Crippen LogP contribution in [-0.4, -0.2) is 4.57 Å². The Morgan fingerprint density at radius 1 is 0.476 bits per heavy atom. The van der Waals surface area contributed by atoms with Crippen LogP contribution in [0, 0.1) is 0 Å². The molecule has 42 heavy (non-hydrogen) atoms. The number of rotatable bonds is 30. The van der Waals surface area contributed by atoms with E-state index in [9.17, 15) is 0 Å². The molecule has 0 amide bonds. The maximum atomic E-state index is 2.56. The van der Waals surface area contributed by atoms with Crippen molar-refractivity contribution in [2.24, 2.45) is 0 Å². The molecule has 0 aliphatic rings. The van der Waals surface area contributed by atoms with Gasteiger partial charge in [0.25, 0.3) is 5.82 Å².